The normalized spacial score (nSPS) is 14.7. The van der Waals surface area contributed by atoms with Gasteiger partial charge in [0.05, 0.1) is 5.31 Å². The van der Waals surface area contributed by atoms with Crippen LogP contribution in [0, 0.1) is 0 Å². The molecule has 0 aliphatic carbocycles. The van der Waals surface area contributed by atoms with E-state index in [2.05, 4.69) is 4.31 Å². The molecule has 6 nitrogen and oxygen atoms in total. The minimum atomic E-state index is -4.32. The molecule has 0 heterocycles. The number of allylic oxidation sites excluding steroid dienone is 1. The molecule has 0 saturated carbocycles. The van der Waals surface area contributed by atoms with Gasteiger partial charge in [0.15, 0.2) is 0 Å². The van der Waals surface area contributed by atoms with Crippen LogP contribution in [0.4, 0.5) is 0 Å². The summed E-state index contributed by atoms with van der Waals surface area (Å²) in [6, 6.07) is 19.3. The summed E-state index contributed by atoms with van der Waals surface area (Å²) < 4.78 is 27.1. The topological polar surface area (TPSA) is 87.1 Å². The van der Waals surface area contributed by atoms with Crippen molar-refractivity contribution in [2.45, 2.75) is 20.0 Å². The zero-order valence-electron chi connectivity index (χ0n) is 13.7. The van der Waals surface area contributed by atoms with Crippen LogP contribution in [0.1, 0.15) is 18.1 Å². The maximum absolute atomic E-state index is 12.1. The van der Waals surface area contributed by atoms with Gasteiger partial charge in [-0.05, 0) is 22.4 Å². The SMILES string of the molecule is CC(=CN(Cc1ccccc1)Cc1ccccc1)P(=O)(O)O[P+](=O)O. The summed E-state index contributed by atoms with van der Waals surface area (Å²) >= 11 is 0. The van der Waals surface area contributed by atoms with Crippen LogP contribution in [0.2, 0.25) is 0 Å². The van der Waals surface area contributed by atoms with Gasteiger partial charge in [0, 0.05) is 23.9 Å². The van der Waals surface area contributed by atoms with E-state index in [0.29, 0.717) is 13.1 Å². The molecule has 25 heavy (non-hydrogen) atoms. The molecule has 2 aromatic carbocycles. The van der Waals surface area contributed by atoms with Crippen molar-refractivity contribution in [3.05, 3.63) is 83.3 Å². The van der Waals surface area contributed by atoms with Crippen molar-refractivity contribution in [2.75, 3.05) is 0 Å². The Balaban J connectivity index is 2.25. The number of hydrogen-bond acceptors (Lipinski definition) is 4. The standard InChI is InChI=1S/C17H19NO5P2/c1-15(25(21,22)23-24(19)20)12-18(13-16-8-4-2-5-9-16)14-17-10-6-3-7-11-17/h2-12H,13-14H2,1H3,(H-,19,20,21,22)/p+1. The van der Waals surface area contributed by atoms with Crippen molar-refractivity contribution in [3.8, 4) is 0 Å². The van der Waals surface area contributed by atoms with Gasteiger partial charge in [-0.15, -0.1) is 4.89 Å². The van der Waals surface area contributed by atoms with E-state index in [9.17, 15) is 14.0 Å². The molecule has 2 aromatic rings. The van der Waals surface area contributed by atoms with E-state index in [0.717, 1.165) is 11.1 Å². The summed E-state index contributed by atoms with van der Waals surface area (Å²) in [5.74, 6) is 0. The van der Waals surface area contributed by atoms with Gasteiger partial charge >= 0.3 is 15.9 Å². The van der Waals surface area contributed by atoms with Crippen molar-refractivity contribution in [2.24, 2.45) is 0 Å². The van der Waals surface area contributed by atoms with E-state index in [1.807, 2.05) is 65.6 Å². The predicted molar refractivity (Wildman–Crippen MR) is 96.6 cm³/mol. The van der Waals surface area contributed by atoms with Crippen LogP contribution in [-0.4, -0.2) is 14.7 Å². The van der Waals surface area contributed by atoms with E-state index in [1.165, 1.54) is 13.1 Å². The second-order valence-electron chi connectivity index (χ2n) is 5.49. The molecule has 0 amide bonds. The van der Waals surface area contributed by atoms with Crippen molar-refractivity contribution in [1.82, 2.24) is 4.90 Å². The number of benzene rings is 2. The molecule has 0 aliphatic heterocycles. The Labute approximate surface area is 147 Å². The van der Waals surface area contributed by atoms with Crippen LogP contribution < -0.4 is 0 Å². The van der Waals surface area contributed by atoms with Crippen LogP contribution in [0.15, 0.2) is 72.2 Å². The monoisotopic (exact) mass is 380 g/mol. The zero-order valence-corrected chi connectivity index (χ0v) is 15.5. The minimum Gasteiger partial charge on any atom is -0.368 e. The highest BCUT2D eigenvalue weighted by molar-refractivity contribution is 7.63. The zero-order chi connectivity index (χ0) is 18.3. The fourth-order valence-corrected chi connectivity index (χ4v) is 3.86. The Hall–Kier alpha value is -1.81. The maximum Gasteiger partial charge on any atom is 0.703 e. The van der Waals surface area contributed by atoms with E-state index in [-0.39, 0.29) is 5.31 Å². The molecular formula is C17H20NO5P2+. The Morgan fingerprint density at radius 3 is 1.92 bits per heavy atom. The quantitative estimate of drug-likeness (QED) is 0.660. The lowest BCUT2D eigenvalue weighted by Crippen LogP contribution is -2.17. The van der Waals surface area contributed by atoms with E-state index >= 15 is 0 Å². The lowest BCUT2D eigenvalue weighted by molar-refractivity contribution is 0.345. The average molecular weight is 380 g/mol. The molecule has 0 fully saturated rings. The molecular weight excluding hydrogens is 360 g/mol. The Kier molecular flexibility index (Phi) is 7.06. The summed E-state index contributed by atoms with van der Waals surface area (Å²) in [4.78, 5) is 20.4. The van der Waals surface area contributed by atoms with Gasteiger partial charge in [-0.3, -0.25) is 4.57 Å². The van der Waals surface area contributed by atoms with E-state index in [4.69, 9.17) is 4.89 Å². The first-order chi connectivity index (χ1) is 11.9. The van der Waals surface area contributed by atoms with Gasteiger partial charge in [0.25, 0.3) is 0 Å². The van der Waals surface area contributed by atoms with Gasteiger partial charge in [0.1, 0.15) is 0 Å². The number of hydrogen-bond donors (Lipinski definition) is 2. The lowest BCUT2D eigenvalue weighted by atomic mass is 10.2. The first kappa shape index (κ1) is 19.5. The highest BCUT2D eigenvalue weighted by Crippen LogP contribution is 2.56. The third kappa shape index (κ3) is 6.54. The van der Waals surface area contributed by atoms with E-state index < -0.39 is 15.9 Å². The molecule has 2 rings (SSSR count). The maximum atomic E-state index is 12.1. The first-order valence-corrected chi connectivity index (χ1v) is 10.3. The van der Waals surface area contributed by atoms with E-state index in [1.54, 1.807) is 0 Å². The Morgan fingerprint density at radius 1 is 1.08 bits per heavy atom. The summed E-state index contributed by atoms with van der Waals surface area (Å²) in [6.45, 7) is 2.43. The van der Waals surface area contributed by atoms with Crippen molar-refractivity contribution in [3.63, 3.8) is 0 Å². The van der Waals surface area contributed by atoms with Crippen LogP contribution in [-0.2, 0) is 26.5 Å². The predicted octanol–water partition coefficient (Wildman–Crippen LogP) is 4.40. The lowest BCUT2D eigenvalue weighted by Gasteiger charge is -2.22. The average Bonchev–Trinajstić information content (AvgIpc) is 2.55. The molecule has 0 aliphatic rings. The molecule has 0 saturated heterocycles. The molecule has 2 atom stereocenters. The second kappa shape index (κ2) is 9.04. The van der Waals surface area contributed by atoms with Crippen LogP contribution in [0.5, 0.6) is 0 Å². The van der Waals surface area contributed by atoms with Crippen LogP contribution >= 0.6 is 15.9 Å². The third-order valence-electron chi connectivity index (χ3n) is 3.45. The highest BCUT2D eigenvalue weighted by atomic mass is 31.2. The summed E-state index contributed by atoms with van der Waals surface area (Å²) in [6.07, 6.45) is 1.50. The van der Waals surface area contributed by atoms with Crippen LogP contribution in [0.3, 0.4) is 0 Å². The van der Waals surface area contributed by atoms with Gasteiger partial charge in [-0.2, -0.15) is 0 Å². The number of nitrogens with zero attached hydrogens (tertiary/aromatic N) is 1. The van der Waals surface area contributed by atoms with Crippen molar-refractivity contribution >= 4 is 15.9 Å². The molecule has 2 unspecified atom stereocenters. The molecule has 2 N–H and O–H groups in total. The summed E-state index contributed by atoms with van der Waals surface area (Å²) in [5.41, 5.74) is 2.06. The first-order valence-electron chi connectivity index (χ1n) is 7.56. The molecule has 0 radical (unpaired) electrons. The molecule has 8 heteroatoms. The minimum absolute atomic E-state index is 0.00300. The largest absolute Gasteiger partial charge is 0.703 e. The van der Waals surface area contributed by atoms with Crippen molar-refractivity contribution in [1.29, 1.82) is 0 Å². The Morgan fingerprint density at radius 2 is 1.52 bits per heavy atom. The molecule has 0 spiro atoms. The van der Waals surface area contributed by atoms with Gasteiger partial charge in [-0.25, -0.2) is 0 Å². The second-order valence-corrected chi connectivity index (χ2v) is 8.36. The highest BCUT2D eigenvalue weighted by Gasteiger charge is 2.35. The van der Waals surface area contributed by atoms with Crippen LogP contribution in [0.25, 0.3) is 0 Å². The molecule has 0 bridgehead atoms. The summed E-state index contributed by atoms with van der Waals surface area (Å²) in [5, 5.41) is -0.00300. The van der Waals surface area contributed by atoms with Crippen molar-refractivity contribution < 1.29 is 23.2 Å². The van der Waals surface area contributed by atoms with Gasteiger partial charge in [0.2, 0.25) is 0 Å². The molecule has 132 valence electrons. The Bertz CT molecular complexity index is 739. The van der Waals surface area contributed by atoms with Gasteiger partial charge in [-0.1, -0.05) is 60.7 Å². The third-order valence-corrected chi connectivity index (χ3v) is 5.90. The summed E-state index contributed by atoms with van der Waals surface area (Å²) in [7, 11) is -7.48. The van der Waals surface area contributed by atoms with Gasteiger partial charge < -0.3 is 9.79 Å². The molecule has 0 aromatic heterocycles. The number of rotatable bonds is 8. The smallest absolute Gasteiger partial charge is 0.368 e. The fourth-order valence-electron chi connectivity index (χ4n) is 2.28. The fraction of sp³-hybridized carbons (Fsp3) is 0.176.